The van der Waals surface area contributed by atoms with Crippen LogP contribution in [0.5, 0.6) is 5.75 Å². The van der Waals surface area contributed by atoms with Gasteiger partial charge in [-0.1, -0.05) is 37.6 Å². The highest BCUT2D eigenvalue weighted by molar-refractivity contribution is 5.79. The fraction of sp³-hybridized carbons (Fsp3) is 0.263. The minimum absolute atomic E-state index is 0.125. The summed E-state index contributed by atoms with van der Waals surface area (Å²) in [6.45, 7) is 4.85. The molecule has 0 atom stereocenters. The lowest BCUT2D eigenvalue weighted by atomic mass is 10.1. The Labute approximate surface area is 135 Å². The van der Waals surface area contributed by atoms with Crippen molar-refractivity contribution in [3.8, 4) is 17.1 Å². The van der Waals surface area contributed by atoms with Crippen molar-refractivity contribution in [3.05, 3.63) is 58.4 Å². The van der Waals surface area contributed by atoms with E-state index in [9.17, 15) is 4.79 Å². The second-order valence-electron chi connectivity index (χ2n) is 5.61. The van der Waals surface area contributed by atoms with Gasteiger partial charge in [0.05, 0.1) is 17.5 Å². The molecule has 4 nitrogen and oxygen atoms in total. The van der Waals surface area contributed by atoms with E-state index in [2.05, 4.69) is 16.9 Å². The van der Waals surface area contributed by atoms with Gasteiger partial charge in [-0.3, -0.25) is 4.79 Å². The molecule has 0 spiro atoms. The van der Waals surface area contributed by atoms with Crippen molar-refractivity contribution in [1.29, 1.82) is 0 Å². The van der Waals surface area contributed by atoms with Crippen LogP contribution in [0.25, 0.3) is 22.3 Å². The zero-order valence-corrected chi connectivity index (χ0v) is 13.4. The number of aromatic amines is 1. The number of aromatic nitrogens is 2. The molecule has 0 fully saturated rings. The van der Waals surface area contributed by atoms with E-state index in [1.54, 1.807) is 6.07 Å². The molecule has 0 aliphatic heterocycles. The molecule has 4 heteroatoms. The number of nitrogens with one attached hydrogen (secondary N) is 1. The molecule has 1 N–H and O–H groups in total. The van der Waals surface area contributed by atoms with Gasteiger partial charge in [0.25, 0.3) is 5.56 Å². The summed E-state index contributed by atoms with van der Waals surface area (Å²) >= 11 is 0. The van der Waals surface area contributed by atoms with Gasteiger partial charge in [0, 0.05) is 5.56 Å². The molecule has 1 heterocycles. The maximum atomic E-state index is 12.2. The summed E-state index contributed by atoms with van der Waals surface area (Å²) in [5, 5.41) is 0.600. The minimum atomic E-state index is -0.125. The first-order chi connectivity index (χ1) is 11.2. The Morgan fingerprint density at radius 3 is 2.83 bits per heavy atom. The highest BCUT2D eigenvalue weighted by Gasteiger charge is 2.08. The van der Waals surface area contributed by atoms with Crippen molar-refractivity contribution in [2.45, 2.75) is 26.7 Å². The number of benzene rings is 2. The van der Waals surface area contributed by atoms with E-state index in [0.29, 0.717) is 23.3 Å². The molecule has 118 valence electrons. The number of rotatable bonds is 5. The van der Waals surface area contributed by atoms with Crippen LogP contribution in [0.15, 0.2) is 47.3 Å². The van der Waals surface area contributed by atoms with Gasteiger partial charge >= 0.3 is 0 Å². The number of hydrogen-bond donors (Lipinski definition) is 1. The van der Waals surface area contributed by atoms with Crippen LogP contribution in [0.3, 0.4) is 0 Å². The van der Waals surface area contributed by atoms with Gasteiger partial charge in [-0.05, 0) is 37.1 Å². The standard InChI is InChI=1S/C19H20N2O2/c1-3-4-11-23-17-12-14(10-9-13(17)2)18-20-16-8-6-5-7-15(16)19(22)21-18/h5-10,12H,3-4,11H2,1-2H3,(H,20,21,22). The first-order valence-electron chi connectivity index (χ1n) is 7.92. The number of nitrogens with zero attached hydrogens (tertiary/aromatic N) is 1. The summed E-state index contributed by atoms with van der Waals surface area (Å²) in [4.78, 5) is 19.6. The van der Waals surface area contributed by atoms with E-state index < -0.39 is 0 Å². The summed E-state index contributed by atoms with van der Waals surface area (Å²) < 4.78 is 5.84. The van der Waals surface area contributed by atoms with E-state index in [1.807, 2.05) is 43.3 Å². The number of H-pyrrole nitrogens is 1. The zero-order valence-electron chi connectivity index (χ0n) is 13.4. The first-order valence-corrected chi connectivity index (χ1v) is 7.92. The molecule has 0 aliphatic carbocycles. The molecule has 0 aliphatic rings. The van der Waals surface area contributed by atoms with Crippen LogP contribution in [0.1, 0.15) is 25.3 Å². The smallest absolute Gasteiger partial charge is 0.259 e. The molecule has 0 unspecified atom stereocenters. The van der Waals surface area contributed by atoms with Crippen molar-refractivity contribution in [1.82, 2.24) is 9.97 Å². The Bertz CT molecular complexity index is 884. The van der Waals surface area contributed by atoms with Gasteiger partial charge in [-0.25, -0.2) is 4.98 Å². The molecule has 0 radical (unpaired) electrons. The highest BCUT2D eigenvalue weighted by atomic mass is 16.5. The average molecular weight is 308 g/mol. The maximum absolute atomic E-state index is 12.2. The Hall–Kier alpha value is -2.62. The molecule has 3 aromatic rings. The van der Waals surface area contributed by atoms with Crippen LogP contribution in [0.2, 0.25) is 0 Å². The molecular weight excluding hydrogens is 288 g/mol. The van der Waals surface area contributed by atoms with Crippen LogP contribution in [-0.2, 0) is 0 Å². The SMILES string of the molecule is CCCCOc1cc(-c2nc3ccccc3c(=O)[nH]2)ccc1C. The molecule has 3 rings (SSSR count). The van der Waals surface area contributed by atoms with Gasteiger partial charge in [0.15, 0.2) is 0 Å². The number of ether oxygens (including phenoxy) is 1. The largest absolute Gasteiger partial charge is 0.493 e. The van der Waals surface area contributed by atoms with Gasteiger partial charge in [0.2, 0.25) is 0 Å². The van der Waals surface area contributed by atoms with E-state index in [-0.39, 0.29) is 5.56 Å². The molecular formula is C19H20N2O2. The molecule has 0 bridgehead atoms. The highest BCUT2D eigenvalue weighted by Crippen LogP contribution is 2.25. The summed E-state index contributed by atoms with van der Waals surface area (Å²) in [7, 11) is 0. The second-order valence-corrected chi connectivity index (χ2v) is 5.61. The van der Waals surface area contributed by atoms with Crippen molar-refractivity contribution in [3.63, 3.8) is 0 Å². The fourth-order valence-corrected chi connectivity index (χ4v) is 2.45. The molecule has 23 heavy (non-hydrogen) atoms. The third-order valence-electron chi connectivity index (χ3n) is 3.83. The summed E-state index contributed by atoms with van der Waals surface area (Å²) in [5.74, 6) is 1.40. The van der Waals surface area contributed by atoms with Crippen LogP contribution < -0.4 is 10.3 Å². The Morgan fingerprint density at radius 1 is 1.17 bits per heavy atom. The maximum Gasteiger partial charge on any atom is 0.259 e. The normalized spacial score (nSPS) is 10.9. The van der Waals surface area contributed by atoms with Crippen molar-refractivity contribution in [2.75, 3.05) is 6.61 Å². The molecule has 1 aromatic heterocycles. The Kier molecular flexibility index (Phi) is 4.42. The molecule has 0 saturated heterocycles. The predicted molar refractivity (Wildman–Crippen MR) is 92.9 cm³/mol. The van der Waals surface area contributed by atoms with E-state index in [1.165, 1.54) is 0 Å². The number of fused-ring (bicyclic) bond motifs is 1. The van der Waals surface area contributed by atoms with Crippen LogP contribution in [-0.4, -0.2) is 16.6 Å². The van der Waals surface area contributed by atoms with Crippen molar-refractivity contribution < 1.29 is 4.74 Å². The third kappa shape index (κ3) is 3.26. The average Bonchev–Trinajstić information content (AvgIpc) is 2.57. The lowest BCUT2D eigenvalue weighted by molar-refractivity contribution is 0.307. The number of para-hydroxylation sites is 1. The first kappa shape index (κ1) is 15.3. The van der Waals surface area contributed by atoms with Crippen LogP contribution in [0, 0.1) is 6.92 Å². The summed E-state index contributed by atoms with van der Waals surface area (Å²) in [6, 6.07) is 13.2. The summed E-state index contributed by atoms with van der Waals surface area (Å²) in [6.07, 6.45) is 2.12. The lowest BCUT2D eigenvalue weighted by Gasteiger charge is -2.11. The van der Waals surface area contributed by atoms with E-state index in [0.717, 1.165) is 29.7 Å². The van der Waals surface area contributed by atoms with Crippen LogP contribution >= 0.6 is 0 Å². The molecule has 0 saturated carbocycles. The number of aryl methyl sites for hydroxylation is 1. The monoisotopic (exact) mass is 308 g/mol. The van der Waals surface area contributed by atoms with Crippen molar-refractivity contribution in [2.24, 2.45) is 0 Å². The third-order valence-corrected chi connectivity index (χ3v) is 3.83. The second kappa shape index (κ2) is 6.65. The van der Waals surface area contributed by atoms with Gasteiger partial charge in [-0.15, -0.1) is 0 Å². The number of hydrogen-bond acceptors (Lipinski definition) is 3. The Morgan fingerprint density at radius 2 is 2.00 bits per heavy atom. The van der Waals surface area contributed by atoms with Gasteiger partial charge in [-0.2, -0.15) is 0 Å². The Balaban J connectivity index is 2.01. The van der Waals surface area contributed by atoms with E-state index in [4.69, 9.17) is 4.74 Å². The lowest BCUT2D eigenvalue weighted by Crippen LogP contribution is -2.09. The van der Waals surface area contributed by atoms with Gasteiger partial charge < -0.3 is 9.72 Å². The molecule has 0 amide bonds. The summed E-state index contributed by atoms with van der Waals surface area (Å²) in [5.41, 5.74) is 2.50. The predicted octanol–water partition coefficient (Wildman–Crippen LogP) is 4.08. The zero-order chi connectivity index (χ0) is 16.2. The van der Waals surface area contributed by atoms with Crippen molar-refractivity contribution >= 4 is 10.9 Å². The van der Waals surface area contributed by atoms with E-state index >= 15 is 0 Å². The van der Waals surface area contributed by atoms with Crippen LogP contribution in [0.4, 0.5) is 0 Å². The van der Waals surface area contributed by atoms with Gasteiger partial charge in [0.1, 0.15) is 11.6 Å². The topological polar surface area (TPSA) is 55.0 Å². The molecule has 2 aromatic carbocycles. The minimum Gasteiger partial charge on any atom is -0.493 e. The fourth-order valence-electron chi connectivity index (χ4n) is 2.45. The number of unbranched alkanes of at least 4 members (excludes halogenated alkanes) is 1. The quantitative estimate of drug-likeness (QED) is 0.723.